The number of likely N-dealkylation sites (tertiary alicyclic amines) is 3. The first kappa shape index (κ1) is 39.6. The summed E-state index contributed by atoms with van der Waals surface area (Å²) in [5, 5.41) is 6.33. The van der Waals surface area contributed by atoms with Crippen LogP contribution in [0.1, 0.15) is 113 Å². The highest BCUT2D eigenvalue weighted by Crippen LogP contribution is 2.33. The summed E-state index contributed by atoms with van der Waals surface area (Å²) in [7, 11) is 0. The zero-order valence-electron chi connectivity index (χ0n) is 32.4. The van der Waals surface area contributed by atoms with E-state index in [-0.39, 0.29) is 47.3 Å². The Morgan fingerprint density at radius 1 is 0.811 bits per heavy atom. The van der Waals surface area contributed by atoms with Gasteiger partial charge in [0.2, 0.25) is 17.7 Å². The number of benzene rings is 1. The Balaban J connectivity index is 1.02. The van der Waals surface area contributed by atoms with Crippen LogP contribution in [-0.4, -0.2) is 133 Å². The van der Waals surface area contributed by atoms with Gasteiger partial charge in [-0.25, -0.2) is 4.39 Å². The molecule has 0 aromatic heterocycles. The first-order valence-corrected chi connectivity index (χ1v) is 20.5. The van der Waals surface area contributed by atoms with Gasteiger partial charge in [-0.2, -0.15) is 0 Å². The van der Waals surface area contributed by atoms with Crippen LogP contribution in [0.5, 0.6) is 0 Å². The number of piperazine rings is 1. The van der Waals surface area contributed by atoms with Gasteiger partial charge in [-0.1, -0.05) is 52.2 Å². The lowest BCUT2D eigenvalue weighted by molar-refractivity contribution is -0.141. The van der Waals surface area contributed by atoms with Gasteiger partial charge in [-0.05, 0) is 68.9 Å². The SMILES string of the molecule is CC(C)(C)C(=O)N1CCC[C@@H](c2cccc(C(=O)N[C@@H](C(=O)N3CCC(OC4CCN(CC(=O)N5CCNCC5)CC4)CC3)C3CCCCC3)c2F)C1. The highest BCUT2D eigenvalue weighted by Gasteiger charge is 2.38. The molecule has 294 valence electrons. The smallest absolute Gasteiger partial charge is 0.254 e. The minimum absolute atomic E-state index is 0.0133. The van der Waals surface area contributed by atoms with E-state index in [9.17, 15) is 19.2 Å². The summed E-state index contributed by atoms with van der Waals surface area (Å²) >= 11 is 0. The predicted octanol–water partition coefficient (Wildman–Crippen LogP) is 4.16. The maximum Gasteiger partial charge on any atom is 0.254 e. The molecule has 11 nitrogen and oxygen atoms in total. The summed E-state index contributed by atoms with van der Waals surface area (Å²) in [5.41, 5.74) is -0.0972. The van der Waals surface area contributed by atoms with Crippen LogP contribution in [-0.2, 0) is 19.1 Å². The minimum atomic E-state index is -0.703. The van der Waals surface area contributed by atoms with Crippen molar-refractivity contribution >= 4 is 23.6 Å². The molecular formula is C41H63FN6O5. The standard InChI is InChI=1S/C41H63FN6O5/c1-41(2,3)40(52)48-20-8-11-30(27-48)33-12-7-13-34(36(33)42)38(50)44-37(29-9-5-4-6-10-29)39(51)47-23-16-32(17-24-47)53-31-14-21-45(22-15-31)28-35(49)46-25-18-43-19-26-46/h7,12-13,29-32,37,43H,4-6,8-11,14-28H2,1-3H3,(H,44,50)/t30-,37-/m1/s1. The van der Waals surface area contributed by atoms with Crippen LogP contribution in [0.25, 0.3) is 0 Å². The zero-order chi connectivity index (χ0) is 37.5. The Hall–Kier alpha value is -3.09. The first-order valence-electron chi connectivity index (χ1n) is 20.5. The molecule has 0 radical (unpaired) electrons. The number of rotatable bonds is 9. The molecule has 1 saturated carbocycles. The highest BCUT2D eigenvalue weighted by atomic mass is 19.1. The summed E-state index contributed by atoms with van der Waals surface area (Å²) in [6.45, 7) is 13.4. The second-order valence-electron chi connectivity index (χ2n) is 17.2. The third-order valence-electron chi connectivity index (χ3n) is 12.2. The fraction of sp³-hybridized carbons (Fsp3) is 0.756. The lowest BCUT2D eigenvalue weighted by atomic mass is 9.82. The van der Waals surface area contributed by atoms with Gasteiger partial charge < -0.3 is 30.1 Å². The van der Waals surface area contributed by atoms with Gasteiger partial charge in [0.15, 0.2) is 0 Å². The van der Waals surface area contributed by atoms with Crippen LogP contribution in [0.3, 0.4) is 0 Å². The summed E-state index contributed by atoms with van der Waals surface area (Å²) in [4.78, 5) is 61.7. The minimum Gasteiger partial charge on any atom is -0.375 e. The Labute approximate surface area is 315 Å². The number of carbonyl (C=O) groups excluding carboxylic acids is 4. The van der Waals surface area contributed by atoms with Crippen molar-refractivity contribution in [1.82, 2.24) is 30.2 Å². The van der Waals surface area contributed by atoms with Gasteiger partial charge in [0.1, 0.15) is 11.9 Å². The second kappa shape index (κ2) is 18.0. The monoisotopic (exact) mass is 738 g/mol. The van der Waals surface area contributed by atoms with E-state index in [4.69, 9.17) is 4.74 Å². The summed E-state index contributed by atoms with van der Waals surface area (Å²) in [6, 6.07) is 4.26. The molecule has 5 fully saturated rings. The molecule has 1 aromatic rings. The molecule has 53 heavy (non-hydrogen) atoms. The van der Waals surface area contributed by atoms with Crippen molar-refractivity contribution in [1.29, 1.82) is 0 Å². The largest absolute Gasteiger partial charge is 0.375 e. The molecule has 4 saturated heterocycles. The lowest BCUT2D eigenvalue weighted by Gasteiger charge is -2.39. The van der Waals surface area contributed by atoms with Crippen molar-refractivity contribution in [3.8, 4) is 0 Å². The Morgan fingerprint density at radius 2 is 1.47 bits per heavy atom. The van der Waals surface area contributed by atoms with Gasteiger partial charge in [-0.3, -0.25) is 24.1 Å². The number of ether oxygens (including phenoxy) is 1. The summed E-state index contributed by atoms with van der Waals surface area (Å²) in [5.74, 6) is -1.09. The fourth-order valence-electron chi connectivity index (χ4n) is 9.09. The fourth-order valence-corrected chi connectivity index (χ4v) is 9.09. The third-order valence-corrected chi connectivity index (χ3v) is 12.2. The number of hydrogen-bond donors (Lipinski definition) is 2. The van der Waals surface area contributed by atoms with Gasteiger partial charge in [-0.15, -0.1) is 0 Å². The number of carbonyl (C=O) groups is 4. The molecule has 1 aromatic carbocycles. The van der Waals surface area contributed by atoms with Crippen LogP contribution in [0.4, 0.5) is 4.39 Å². The summed E-state index contributed by atoms with van der Waals surface area (Å²) < 4.78 is 22.8. The molecule has 0 unspecified atom stereocenters. The van der Waals surface area contributed by atoms with Crippen LogP contribution >= 0.6 is 0 Å². The van der Waals surface area contributed by atoms with Crippen molar-refractivity contribution in [3.63, 3.8) is 0 Å². The van der Waals surface area contributed by atoms with E-state index < -0.39 is 23.2 Å². The predicted molar refractivity (Wildman–Crippen MR) is 202 cm³/mol. The zero-order valence-corrected chi connectivity index (χ0v) is 32.4. The maximum absolute atomic E-state index is 16.2. The Bertz CT molecular complexity index is 1420. The maximum atomic E-state index is 16.2. The molecule has 4 amide bonds. The van der Waals surface area contributed by atoms with Gasteiger partial charge in [0.05, 0.1) is 24.3 Å². The number of hydrogen-bond acceptors (Lipinski definition) is 7. The van der Waals surface area contributed by atoms with E-state index in [1.165, 1.54) is 6.07 Å². The molecule has 0 spiro atoms. The van der Waals surface area contributed by atoms with Crippen molar-refractivity contribution < 1.29 is 28.3 Å². The third kappa shape index (κ3) is 10.2. The number of piperidine rings is 3. The van der Waals surface area contributed by atoms with Crippen molar-refractivity contribution in [2.75, 3.05) is 72.0 Å². The second-order valence-corrected chi connectivity index (χ2v) is 17.2. The van der Waals surface area contributed by atoms with Crippen molar-refractivity contribution in [2.24, 2.45) is 11.3 Å². The Morgan fingerprint density at radius 3 is 2.13 bits per heavy atom. The quantitative estimate of drug-likeness (QED) is 0.392. The molecule has 4 heterocycles. The number of amides is 4. The molecule has 2 N–H and O–H groups in total. The molecule has 4 aliphatic heterocycles. The molecule has 5 aliphatic rings. The number of nitrogens with zero attached hydrogens (tertiary/aromatic N) is 4. The average molecular weight is 739 g/mol. The van der Waals surface area contributed by atoms with Gasteiger partial charge in [0.25, 0.3) is 5.91 Å². The van der Waals surface area contributed by atoms with E-state index in [0.29, 0.717) is 38.3 Å². The van der Waals surface area contributed by atoms with Crippen LogP contribution in [0.15, 0.2) is 18.2 Å². The normalized spacial score (nSPS) is 23.8. The molecule has 2 atom stereocenters. The molecule has 6 rings (SSSR count). The molecule has 12 heteroatoms. The van der Waals surface area contributed by atoms with Crippen LogP contribution < -0.4 is 10.6 Å². The van der Waals surface area contributed by atoms with E-state index in [2.05, 4.69) is 15.5 Å². The van der Waals surface area contributed by atoms with Gasteiger partial charge in [0, 0.05) is 76.8 Å². The number of halogens is 1. The highest BCUT2D eigenvalue weighted by molar-refractivity contribution is 5.98. The molecule has 0 bridgehead atoms. The molecule has 1 aliphatic carbocycles. The average Bonchev–Trinajstić information content (AvgIpc) is 3.18. The molecular weight excluding hydrogens is 675 g/mol. The van der Waals surface area contributed by atoms with Crippen LogP contribution in [0.2, 0.25) is 0 Å². The van der Waals surface area contributed by atoms with E-state index in [1.807, 2.05) is 35.5 Å². The number of nitrogens with one attached hydrogen (secondary N) is 2. The topological polar surface area (TPSA) is 115 Å². The van der Waals surface area contributed by atoms with Gasteiger partial charge >= 0.3 is 0 Å². The van der Waals surface area contributed by atoms with Crippen LogP contribution in [0, 0.1) is 17.2 Å². The van der Waals surface area contributed by atoms with E-state index in [0.717, 1.165) is 110 Å². The Kier molecular flexibility index (Phi) is 13.5. The van der Waals surface area contributed by atoms with Crippen molar-refractivity contribution in [3.05, 3.63) is 35.1 Å². The lowest BCUT2D eigenvalue weighted by Crippen LogP contribution is -2.55. The summed E-state index contributed by atoms with van der Waals surface area (Å²) in [6.07, 6.45) is 9.90. The van der Waals surface area contributed by atoms with E-state index in [1.54, 1.807) is 12.1 Å². The van der Waals surface area contributed by atoms with Crippen molar-refractivity contribution in [2.45, 2.75) is 116 Å². The first-order chi connectivity index (χ1) is 25.5. The van der Waals surface area contributed by atoms with E-state index >= 15 is 4.39 Å².